The predicted molar refractivity (Wildman–Crippen MR) is 87.3 cm³/mol. The summed E-state index contributed by atoms with van der Waals surface area (Å²) in [5.74, 6) is 5.68. The Kier molecular flexibility index (Phi) is 6.93. The second-order valence-electron chi connectivity index (χ2n) is 4.52. The Morgan fingerprint density at radius 3 is 2.52 bits per heavy atom. The molecule has 1 aromatic carbocycles. The maximum Gasteiger partial charge on any atom is 0.243 e. The van der Waals surface area contributed by atoms with Gasteiger partial charge in [-0.2, -0.15) is 4.31 Å². The topological polar surface area (TPSA) is 37.4 Å². The van der Waals surface area contributed by atoms with Gasteiger partial charge in [0.15, 0.2) is 0 Å². The fourth-order valence-corrected chi connectivity index (χ4v) is 3.14. The number of rotatable bonds is 7. The van der Waals surface area contributed by atoms with E-state index >= 15 is 0 Å². The van der Waals surface area contributed by atoms with Crippen molar-refractivity contribution in [2.75, 3.05) is 13.1 Å². The Labute approximate surface area is 128 Å². The lowest BCUT2D eigenvalue weighted by atomic mass is 10.2. The van der Waals surface area contributed by atoms with Crippen LogP contribution < -0.4 is 0 Å². The molecule has 0 amide bonds. The quantitative estimate of drug-likeness (QED) is 0.573. The van der Waals surface area contributed by atoms with Gasteiger partial charge in [0.25, 0.3) is 0 Å². The maximum atomic E-state index is 12.7. The van der Waals surface area contributed by atoms with Gasteiger partial charge < -0.3 is 0 Å². The molecule has 1 aromatic rings. The molecule has 4 heteroatoms. The minimum Gasteiger partial charge on any atom is -0.207 e. The zero-order valence-corrected chi connectivity index (χ0v) is 13.4. The van der Waals surface area contributed by atoms with Crippen LogP contribution in [0.25, 0.3) is 0 Å². The Morgan fingerprint density at radius 2 is 1.95 bits per heavy atom. The molecule has 0 spiro atoms. The first-order chi connectivity index (χ1) is 10.0. The van der Waals surface area contributed by atoms with Gasteiger partial charge in [-0.05, 0) is 26.0 Å². The van der Waals surface area contributed by atoms with Crippen molar-refractivity contribution in [3.05, 3.63) is 54.6 Å². The molecule has 0 aliphatic rings. The van der Waals surface area contributed by atoms with Crippen LogP contribution in [-0.2, 0) is 10.0 Å². The number of hydrogen-bond acceptors (Lipinski definition) is 2. The molecule has 0 aliphatic carbocycles. The molecule has 0 saturated carbocycles. The molecule has 0 atom stereocenters. The lowest BCUT2D eigenvalue weighted by Crippen LogP contribution is -2.32. The molecule has 0 saturated heterocycles. The van der Waals surface area contributed by atoms with Gasteiger partial charge in [-0.3, -0.25) is 0 Å². The smallest absolute Gasteiger partial charge is 0.207 e. The Bertz CT molecular complexity index is 646. The van der Waals surface area contributed by atoms with Gasteiger partial charge in [0.05, 0.1) is 4.90 Å². The number of allylic oxidation sites excluding steroid dienone is 2. The summed E-state index contributed by atoms with van der Waals surface area (Å²) in [5, 5.41) is 0. The van der Waals surface area contributed by atoms with Crippen LogP contribution in [0.4, 0.5) is 0 Å². The molecular formula is C17H21NO2S. The largest absolute Gasteiger partial charge is 0.243 e. The Morgan fingerprint density at radius 1 is 1.29 bits per heavy atom. The van der Waals surface area contributed by atoms with E-state index in [1.54, 1.807) is 49.4 Å². The highest BCUT2D eigenvalue weighted by molar-refractivity contribution is 7.89. The normalized spacial score (nSPS) is 11.4. The van der Waals surface area contributed by atoms with E-state index in [2.05, 4.69) is 18.4 Å². The van der Waals surface area contributed by atoms with Crippen molar-refractivity contribution in [2.45, 2.75) is 25.2 Å². The van der Waals surface area contributed by atoms with Crippen molar-refractivity contribution in [1.29, 1.82) is 0 Å². The van der Waals surface area contributed by atoms with E-state index in [1.165, 1.54) is 4.31 Å². The number of sulfonamides is 1. The van der Waals surface area contributed by atoms with Gasteiger partial charge >= 0.3 is 0 Å². The van der Waals surface area contributed by atoms with E-state index in [4.69, 9.17) is 0 Å². The SMILES string of the molecule is C=C/C=C/CN(CCC#CC)S(=O)(=O)c1ccc(C)cc1. The zero-order valence-electron chi connectivity index (χ0n) is 12.5. The first-order valence-electron chi connectivity index (χ1n) is 6.76. The van der Waals surface area contributed by atoms with E-state index in [9.17, 15) is 8.42 Å². The number of aryl methyl sites for hydroxylation is 1. The molecule has 0 bridgehead atoms. The number of hydrogen-bond donors (Lipinski definition) is 0. The summed E-state index contributed by atoms with van der Waals surface area (Å²) >= 11 is 0. The van der Waals surface area contributed by atoms with Crippen LogP contribution in [0.3, 0.4) is 0 Å². The van der Waals surface area contributed by atoms with Gasteiger partial charge in [-0.25, -0.2) is 8.42 Å². The van der Waals surface area contributed by atoms with Crippen molar-refractivity contribution in [3.63, 3.8) is 0 Å². The molecule has 21 heavy (non-hydrogen) atoms. The number of benzene rings is 1. The molecule has 3 nitrogen and oxygen atoms in total. The maximum absolute atomic E-state index is 12.7. The van der Waals surface area contributed by atoms with Crippen molar-refractivity contribution in [3.8, 4) is 11.8 Å². The molecular weight excluding hydrogens is 282 g/mol. The third-order valence-electron chi connectivity index (χ3n) is 2.90. The highest BCUT2D eigenvalue weighted by Crippen LogP contribution is 2.16. The minimum atomic E-state index is -3.50. The van der Waals surface area contributed by atoms with Crippen molar-refractivity contribution < 1.29 is 8.42 Å². The summed E-state index contributed by atoms with van der Waals surface area (Å²) in [7, 11) is -3.50. The van der Waals surface area contributed by atoms with Crippen LogP contribution in [-0.4, -0.2) is 25.8 Å². The van der Waals surface area contributed by atoms with E-state index in [1.807, 2.05) is 6.92 Å². The van der Waals surface area contributed by atoms with Gasteiger partial charge in [-0.1, -0.05) is 42.5 Å². The highest BCUT2D eigenvalue weighted by atomic mass is 32.2. The van der Waals surface area contributed by atoms with Gasteiger partial charge in [0, 0.05) is 19.5 Å². The van der Waals surface area contributed by atoms with Crippen LogP contribution in [0.15, 0.2) is 54.0 Å². The summed E-state index contributed by atoms with van der Waals surface area (Å²) < 4.78 is 26.7. The van der Waals surface area contributed by atoms with E-state index < -0.39 is 10.0 Å². The predicted octanol–water partition coefficient (Wildman–Crippen LogP) is 3.14. The Balaban J connectivity index is 3.02. The average molecular weight is 303 g/mol. The van der Waals surface area contributed by atoms with E-state index in [-0.39, 0.29) is 0 Å². The summed E-state index contributed by atoms with van der Waals surface area (Å²) in [6.45, 7) is 7.95. The lowest BCUT2D eigenvalue weighted by molar-refractivity contribution is 0.450. The molecule has 0 unspecified atom stereocenters. The summed E-state index contributed by atoms with van der Waals surface area (Å²) in [5.41, 5.74) is 1.03. The van der Waals surface area contributed by atoms with Gasteiger partial charge in [0.1, 0.15) is 0 Å². The fourth-order valence-electron chi connectivity index (χ4n) is 1.75. The fraction of sp³-hybridized carbons (Fsp3) is 0.294. The summed E-state index contributed by atoms with van der Waals surface area (Å²) in [6.07, 6.45) is 5.66. The molecule has 0 aliphatic heterocycles. The second kappa shape index (κ2) is 8.46. The molecule has 112 valence electrons. The van der Waals surface area contributed by atoms with Gasteiger partial charge in [-0.15, -0.1) is 11.8 Å². The Hall–Kier alpha value is -1.83. The average Bonchev–Trinajstić information content (AvgIpc) is 2.46. The monoisotopic (exact) mass is 303 g/mol. The molecule has 0 heterocycles. The molecule has 0 N–H and O–H groups in total. The van der Waals surface area contributed by atoms with Crippen LogP contribution >= 0.6 is 0 Å². The summed E-state index contributed by atoms with van der Waals surface area (Å²) in [4.78, 5) is 0.310. The van der Waals surface area contributed by atoms with Crippen molar-refractivity contribution in [2.24, 2.45) is 0 Å². The molecule has 0 aromatic heterocycles. The second-order valence-corrected chi connectivity index (χ2v) is 6.45. The van der Waals surface area contributed by atoms with Crippen molar-refractivity contribution in [1.82, 2.24) is 4.31 Å². The van der Waals surface area contributed by atoms with E-state index in [0.29, 0.717) is 24.4 Å². The molecule has 1 rings (SSSR count). The number of nitrogens with zero attached hydrogens (tertiary/aromatic N) is 1. The first-order valence-corrected chi connectivity index (χ1v) is 8.20. The zero-order chi connectivity index (χ0) is 15.7. The van der Waals surface area contributed by atoms with Gasteiger partial charge in [0.2, 0.25) is 10.0 Å². The van der Waals surface area contributed by atoms with Crippen LogP contribution in [0.1, 0.15) is 18.9 Å². The lowest BCUT2D eigenvalue weighted by Gasteiger charge is -2.20. The standard InChI is InChI=1S/C17H21NO2S/c1-4-6-8-14-18(15-9-7-5-2)21(19,20)17-12-10-16(3)11-13-17/h4,6,8,10-13H,1,9,14-15H2,2-3H3/b8-6+. The van der Waals surface area contributed by atoms with Crippen LogP contribution in [0, 0.1) is 18.8 Å². The highest BCUT2D eigenvalue weighted by Gasteiger charge is 2.22. The minimum absolute atomic E-state index is 0.310. The third-order valence-corrected chi connectivity index (χ3v) is 4.78. The molecule has 0 radical (unpaired) electrons. The van der Waals surface area contributed by atoms with E-state index in [0.717, 1.165) is 5.56 Å². The third kappa shape index (κ3) is 5.22. The van der Waals surface area contributed by atoms with Crippen LogP contribution in [0.2, 0.25) is 0 Å². The first kappa shape index (κ1) is 17.2. The summed E-state index contributed by atoms with van der Waals surface area (Å²) in [6, 6.07) is 6.88. The van der Waals surface area contributed by atoms with Crippen molar-refractivity contribution >= 4 is 10.0 Å². The molecule has 0 fully saturated rings. The van der Waals surface area contributed by atoms with Crippen LogP contribution in [0.5, 0.6) is 0 Å².